The van der Waals surface area contributed by atoms with E-state index in [1.165, 1.54) is 22.3 Å². The van der Waals surface area contributed by atoms with Crippen LogP contribution in [0.5, 0.6) is 0 Å². The highest BCUT2D eigenvalue weighted by Crippen LogP contribution is 2.28. The molecule has 0 saturated carbocycles. The molecule has 5 rings (SSSR count). The van der Waals surface area contributed by atoms with Gasteiger partial charge in [0.15, 0.2) is 11.6 Å². The zero-order valence-electron chi connectivity index (χ0n) is 17.4. The predicted molar refractivity (Wildman–Crippen MR) is 123 cm³/mol. The van der Waals surface area contributed by atoms with Crippen LogP contribution in [-0.2, 0) is 7.05 Å². The third kappa shape index (κ3) is 3.74. The zero-order valence-corrected chi connectivity index (χ0v) is 17.4. The van der Waals surface area contributed by atoms with Crippen LogP contribution in [0.25, 0.3) is 33.9 Å². The minimum atomic E-state index is 0.890. The second kappa shape index (κ2) is 8.38. The van der Waals surface area contributed by atoms with E-state index in [-0.39, 0.29) is 0 Å². The number of rotatable bonds is 4. The maximum absolute atomic E-state index is 4.49. The van der Waals surface area contributed by atoms with Crippen molar-refractivity contribution < 1.29 is 0 Å². The number of hydrogen-bond donors (Lipinski definition) is 2. The van der Waals surface area contributed by atoms with E-state index in [0.29, 0.717) is 0 Å². The molecule has 0 aliphatic carbocycles. The second-order valence-corrected chi connectivity index (χ2v) is 7.93. The average molecular weight is 398 g/mol. The molecule has 5 heteroatoms. The fraction of sp³-hybridized carbons (Fsp3) is 0.280. The lowest BCUT2D eigenvalue weighted by Gasteiger charge is -2.14. The summed E-state index contributed by atoms with van der Waals surface area (Å²) in [7, 11) is 2.04. The lowest BCUT2D eigenvalue weighted by molar-refractivity contribution is 0.738. The van der Waals surface area contributed by atoms with Gasteiger partial charge in [-0.05, 0) is 48.2 Å². The molecule has 2 aromatic carbocycles. The Balaban J connectivity index is 1.38. The summed E-state index contributed by atoms with van der Waals surface area (Å²) < 4.78 is 2.08. The lowest BCUT2D eigenvalue weighted by atomic mass is 9.99. The first-order valence-corrected chi connectivity index (χ1v) is 10.7. The molecule has 3 heterocycles. The van der Waals surface area contributed by atoms with Crippen molar-refractivity contribution >= 4 is 11.1 Å². The topological polar surface area (TPSA) is 54.8 Å². The minimum Gasteiger partial charge on any atom is -0.313 e. The molecule has 0 saturated heterocycles. The number of nitrogens with one attached hydrogen (secondary N) is 2. The van der Waals surface area contributed by atoms with E-state index >= 15 is 0 Å². The van der Waals surface area contributed by atoms with Gasteiger partial charge in [0.2, 0.25) is 0 Å². The highest BCUT2D eigenvalue weighted by Gasteiger charge is 2.14. The Bertz CT molecular complexity index is 1000. The Morgan fingerprint density at radius 2 is 1.03 bits per heavy atom. The molecule has 0 amide bonds. The fourth-order valence-corrected chi connectivity index (χ4v) is 4.27. The van der Waals surface area contributed by atoms with Crippen molar-refractivity contribution in [3.05, 3.63) is 71.8 Å². The van der Waals surface area contributed by atoms with Gasteiger partial charge < -0.3 is 15.2 Å². The summed E-state index contributed by atoms with van der Waals surface area (Å²) in [5.41, 5.74) is 7.61. The van der Waals surface area contributed by atoms with Gasteiger partial charge in [0.05, 0.1) is 0 Å². The molecule has 2 N–H and O–H groups in total. The summed E-state index contributed by atoms with van der Waals surface area (Å²) in [5.74, 6) is 1.78. The van der Waals surface area contributed by atoms with Crippen molar-refractivity contribution in [3.63, 3.8) is 0 Å². The number of nitrogens with zero attached hydrogens (tertiary/aromatic N) is 3. The summed E-state index contributed by atoms with van der Waals surface area (Å²) in [6.45, 7) is 4.01. The predicted octanol–water partition coefficient (Wildman–Crippen LogP) is 3.90. The fourth-order valence-electron chi connectivity index (χ4n) is 4.27. The number of hydrogen-bond acceptors (Lipinski definition) is 4. The minimum absolute atomic E-state index is 0.890. The standard InChI is InChI=1S/C25H27N5/c1-30-24(22-6-2-18(3-7-22)20-10-14-26-15-11-20)28-29-25(30)23-8-4-19(5-9-23)21-12-16-27-17-13-21/h2-10,12,26-27H,11,13-17H2,1H3. The van der Waals surface area contributed by atoms with Crippen molar-refractivity contribution in [2.45, 2.75) is 12.8 Å². The quantitative estimate of drug-likeness (QED) is 0.701. The first kappa shape index (κ1) is 19.0. The van der Waals surface area contributed by atoms with Crippen LogP contribution < -0.4 is 10.6 Å². The SMILES string of the molecule is Cn1c(-c2ccc(C3=CCNCC3)cc2)nnc1-c1ccc(C2=CCNCC2)cc1. The largest absolute Gasteiger partial charge is 0.313 e. The maximum atomic E-state index is 4.49. The Kier molecular flexibility index (Phi) is 5.30. The Morgan fingerprint density at radius 1 is 0.633 bits per heavy atom. The molecule has 152 valence electrons. The van der Waals surface area contributed by atoms with Crippen molar-refractivity contribution in [1.82, 2.24) is 25.4 Å². The van der Waals surface area contributed by atoms with Gasteiger partial charge >= 0.3 is 0 Å². The third-order valence-corrected chi connectivity index (χ3v) is 6.03. The highest BCUT2D eigenvalue weighted by atomic mass is 15.3. The van der Waals surface area contributed by atoms with Crippen LogP contribution >= 0.6 is 0 Å². The van der Waals surface area contributed by atoms with Crippen LogP contribution in [0.15, 0.2) is 60.7 Å². The smallest absolute Gasteiger partial charge is 0.163 e. The molecule has 0 atom stereocenters. The van der Waals surface area contributed by atoms with E-state index in [1.54, 1.807) is 0 Å². The van der Waals surface area contributed by atoms with Gasteiger partial charge in [0.25, 0.3) is 0 Å². The van der Waals surface area contributed by atoms with Crippen molar-refractivity contribution in [3.8, 4) is 22.8 Å². The molecule has 0 fully saturated rings. The van der Waals surface area contributed by atoms with E-state index in [1.807, 2.05) is 7.05 Å². The Morgan fingerprint density at radius 3 is 1.40 bits per heavy atom. The molecule has 1 aromatic heterocycles. The molecule has 3 aromatic rings. The number of benzene rings is 2. The molecule has 0 bridgehead atoms. The molecule has 2 aliphatic rings. The molecular weight excluding hydrogens is 370 g/mol. The van der Waals surface area contributed by atoms with Gasteiger partial charge in [-0.15, -0.1) is 10.2 Å². The molecule has 0 spiro atoms. The molecular formula is C25H27N5. The summed E-state index contributed by atoms with van der Waals surface area (Å²) in [6.07, 6.45) is 6.72. The molecule has 2 aliphatic heterocycles. The van der Waals surface area contributed by atoms with E-state index in [4.69, 9.17) is 0 Å². The highest BCUT2D eigenvalue weighted by molar-refractivity contribution is 5.71. The van der Waals surface area contributed by atoms with Gasteiger partial charge in [-0.25, -0.2) is 0 Å². The van der Waals surface area contributed by atoms with Crippen molar-refractivity contribution in [2.75, 3.05) is 26.2 Å². The summed E-state index contributed by atoms with van der Waals surface area (Å²) >= 11 is 0. The third-order valence-electron chi connectivity index (χ3n) is 6.03. The molecule has 30 heavy (non-hydrogen) atoms. The maximum Gasteiger partial charge on any atom is 0.163 e. The van der Waals surface area contributed by atoms with Crippen LogP contribution in [0.4, 0.5) is 0 Å². The van der Waals surface area contributed by atoms with Crippen molar-refractivity contribution in [2.24, 2.45) is 7.05 Å². The molecule has 0 unspecified atom stereocenters. The van der Waals surface area contributed by atoms with E-state index in [9.17, 15) is 0 Å². The van der Waals surface area contributed by atoms with Crippen LogP contribution in [0.1, 0.15) is 24.0 Å². The summed E-state index contributed by atoms with van der Waals surface area (Å²) in [6, 6.07) is 17.4. The Labute approximate surface area is 177 Å². The van der Waals surface area contributed by atoms with E-state index in [2.05, 4.69) is 86.1 Å². The van der Waals surface area contributed by atoms with Gasteiger partial charge in [-0.1, -0.05) is 60.7 Å². The van der Waals surface area contributed by atoms with Gasteiger partial charge in [0, 0.05) is 31.3 Å². The van der Waals surface area contributed by atoms with Crippen LogP contribution in [0, 0.1) is 0 Å². The van der Waals surface area contributed by atoms with Gasteiger partial charge in [-0.2, -0.15) is 0 Å². The van der Waals surface area contributed by atoms with Gasteiger partial charge in [0.1, 0.15) is 0 Å². The zero-order chi connectivity index (χ0) is 20.3. The van der Waals surface area contributed by atoms with E-state index in [0.717, 1.165) is 61.8 Å². The monoisotopic (exact) mass is 397 g/mol. The van der Waals surface area contributed by atoms with Crippen LogP contribution in [-0.4, -0.2) is 40.9 Å². The normalized spacial score (nSPS) is 16.8. The van der Waals surface area contributed by atoms with Crippen LogP contribution in [0.2, 0.25) is 0 Å². The van der Waals surface area contributed by atoms with Crippen LogP contribution in [0.3, 0.4) is 0 Å². The van der Waals surface area contributed by atoms with Gasteiger partial charge in [-0.3, -0.25) is 0 Å². The first-order chi connectivity index (χ1) is 14.8. The lowest BCUT2D eigenvalue weighted by Crippen LogP contribution is -2.19. The summed E-state index contributed by atoms with van der Waals surface area (Å²) in [4.78, 5) is 0. The van der Waals surface area contributed by atoms with Crippen molar-refractivity contribution in [1.29, 1.82) is 0 Å². The average Bonchev–Trinajstić information content (AvgIpc) is 3.22. The molecule has 5 nitrogen and oxygen atoms in total. The summed E-state index contributed by atoms with van der Waals surface area (Å²) in [5, 5.41) is 15.7. The Hall–Kier alpha value is -3.02. The second-order valence-electron chi connectivity index (χ2n) is 7.93. The molecule has 0 radical (unpaired) electrons. The first-order valence-electron chi connectivity index (χ1n) is 10.7. The van der Waals surface area contributed by atoms with E-state index < -0.39 is 0 Å². The number of aromatic nitrogens is 3.